The molecular formula is C10H10N2O3. The summed E-state index contributed by atoms with van der Waals surface area (Å²) in [6, 6.07) is 4.83. The topological polar surface area (TPSA) is 89.2 Å². The fourth-order valence-electron chi connectivity index (χ4n) is 0.934. The fraction of sp³-hybridized carbons (Fsp3) is 0.200. The predicted molar refractivity (Wildman–Crippen MR) is 53.3 cm³/mol. The first-order valence-corrected chi connectivity index (χ1v) is 4.31. The molecule has 0 unspecified atom stereocenters. The zero-order valence-electron chi connectivity index (χ0n) is 8.19. The molecule has 0 radical (unpaired) electrons. The van der Waals surface area contributed by atoms with Gasteiger partial charge in [-0.05, 0) is 13.0 Å². The quantitative estimate of drug-likeness (QED) is 0.457. The van der Waals surface area contributed by atoms with Gasteiger partial charge in [0.15, 0.2) is 5.88 Å². The summed E-state index contributed by atoms with van der Waals surface area (Å²) in [6.07, 6.45) is 1.29. The minimum absolute atomic E-state index is 0.119. The molecule has 0 aromatic carbocycles. The fourth-order valence-corrected chi connectivity index (χ4v) is 0.934. The molecule has 0 saturated carbocycles. The summed E-state index contributed by atoms with van der Waals surface area (Å²) in [5.41, 5.74) is 5.22. The van der Waals surface area contributed by atoms with Gasteiger partial charge in [-0.25, -0.2) is 4.79 Å². The van der Waals surface area contributed by atoms with Crippen molar-refractivity contribution < 1.29 is 13.9 Å². The van der Waals surface area contributed by atoms with Gasteiger partial charge in [-0.3, -0.25) is 0 Å². The number of nitrogen functional groups attached to an aromatic ring is 1. The Hall–Kier alpha value is -2.22. The van der Waals surface area contributed by atoms with Crippen LogP contribution in [0.3, 0.4) is 0 Å². The summed E-state index contributed by atoms with van der Waals surface area (Å²) in [4.78, 5) is 11.2. The van der Waals surface area contributed by atoms with Crippen LogP contribution in [0, 0.1) is 11.3 Å². The molecule has 0 amide bonds. The van der Waals surface area contributed by atoms with Crippen molar-refractivity contribution in [3.8, 4) is 6.07 Å². The molecule has 15 heavy (non-hydrogen) atoms. The van der Waals surface area contributed by atoms with Crippen molar-refractivity contribution in [2.24, 2.45) is 0 Å². The van der Waals surface area contributed by atoms with E-state index in [9.17, 15) is 4.79 Å². The maximum atomic E-state index is 11.2. The van der Waals surface area contributed by atoms with E-state index in [1.807, 2.05) is 0 Å². The number of rotatable bonds is 3. The summed E-state index contributed by atoms with van der Waals surface area (Å²) >= 11 is 0. The second-order valence-electron chi connectivity index (χ2n) is 2.63. The monoisotopic (exact) mass is 206 g/mol. The summed E-state index contributed by atoms with van der Waals surface area (Å²) in [7, 11) is 0. The number of nitriles is 1. The number of furan rings is 1. The van der Waals surface area contributed by atoms with Crippen molar-refractivity contribution in [3.05, 3.63) is 23.5 Å². The minimum atomic E-state index is -0.671. The molecule has 1 rings (SSSR count). The van der Waals surface area contributed by atoms with Gasteiger partial charge in [0.25, 0.3) is 0 Å². The third kappa shape index (κ3) is 2.88. The zero-order chi connectivity index (χ0) is 11.3. The largest absolute Gasteiger partial charge is 0.462 e. The van der Waals surface area contributed by atoms with Crippen molar-refractivity contribution in [3.63, 3.8) is 0 Å². The van der Waals surface area contributed by atoms with E-state index in [0.717, 1.165) is 0 Å². The normalized spacial score (nSPS) is 10.8. The minimum Gasteiger partial charge on any atom is -0.462 e. The van der Waals surface area contributed by atoms with E-state index >= 15 is 0 Å². The lowest BCUT2D eigenvalue weighted by Crippen LogP contribution is -2.05. The number of nitrogens with zero attached hydrogens (tertiary/aromatic N) is 1. The summed E-state index contributed by atoms with van der Waals surface area (Å²) in [5, 5.41) is 8.70. The number of anilines is 1. The van der Waals surface area contributed by atoms with Gasteiger partial charge in [-0.1, -0.05) is 0 Å². The molecule has 0 spiro atoms. The molecule has 5 nitrogen and oxygen atoms in total. The van der Waals surface area contributed by atoms with E-state index < -0.39 is 5.97 Å². The maximum Gasteiger partial charge on any atom is 0.349 e. The van der Waals surface area contributed by atoms with Gasteiger partial charge >= 0.3 is 5.97 Å². The van der Waals surface area contributed by atoms with Crippen LogP contribution in [0.1, 0.15) is 12.7 Å². The Morgan fingerprint density at radius 1 is 1.73 bits per heavy atom. The van der Waals surface area contributed by atoms with Crippen molar-refractivity contribution in [2.75, 3.05) is 12.3 Å². The van der Waals surface area contributed by atoms with Crippen LogP contribution in [-0.4, -0.2) is 12.6 Å². The Morgan fingerprint density at radius 2 is 2.47 bits per heavy atom. The first-order valence-electron chi connectivity index (χ1n) is 4.31. The van der Waals surface area contributed by atoms with E-state index in [1.54, 1.807) is 19.1 Å². The van der Waals surface area contributed by atoms with Crippen molar-refractivity contribution in [2.45, 2.75) is 6.92 Å². The number of esters is 1. The smallest absolute Gasteiger partial charge is 0.349 e. The number of carbonyl (C=O) groups is 1. The summed E-state index contributed by atoms with van der Waals surface area (Å²) in [6.45, 7) is 1.88. The Morgan fingerprint density at radius 3 is 2.93 bits per heavy atom. The summed E-state index contributed by atoms with van der Waals surface area (Å²) in [5.74, 6) is -0.102. The van der Waals surface area contributed by atoms with E-state index in [2.05, 4.69) is 4.74 Å². The van der Waals surface area contributed by atoms with Gasteiger partial charge in [0.05, 0.1) is 6.61 Å². The molecule has 0 fully saturated rings. The molecule has 0 saturated heterocycles. The van der Waals surface area contributed by atoms with E-state index in [4.69, 9.17) is 15.4 Å². The molecule has 2 N–H and O–H groups in total. The third-order valence-corrected chi connectivity index (χ3v) is 1.55. The number of hydrogen-bond acceptors (Lipinski definition) is 5. The number of ether oxygens (including phenoxy) is 1. The lowest BCUT2D eigenvalue weighted by Gasteiger charge is -1.97. The van der Waals surface area contributed by atoms with Gasteiger partial charge in [-0.2, -0.15) is 5.26 Å². The molecule has 5 heteroatoms. The number of nitrogens with two attached hydrogens (primary N) is 1. The van der Waals surface area contributed by atoms with E-state index in [-0.39, 0.29) is 18.1 Å². The maximum absolute atomic E-state index is 11.2. The molecule has 0 bridgehead atoms. The first-order chi connectivity index (χ1) is 7.17. The average molecular weight is 206 g/mol. The number of hydrogen-bond donors (Lipinski definition) is 1. The van der Waals surface area contributed by atoms with Crippen LogP contribution >= 0.6 is 0 Å². The van der Waals surface area contributed by atoms with E-state index in [1.165, 1.54) is 12.1 Å². The first kappa shape index (κ1) is 10.9. The van der Waals surface area contributed by atoms with Crippen LogP contribution in [0.15, 0.2) is 22.1 Å². The molecule has 1 aromatic rings. The van der Waals surface area contributed by atoms with Crippen molar-refractivity contribution >= 4 is 17.9 Å². The van der Waals surface area contributed by atoms with Crippen LogP contribution in [0.25, 0.3) is 6.08 Å². The Balaban J connectivity index is 2.88. The standard InChI is InChI=1S/C10H10N2O3/c1-2-14-10(13)7(6-11)5-8-3-4-9(12)15-8/h3-5H,2,12H2,1H3/b7-5+. The van der Waals surface area contributed by atoms with Gasteiger partial charge < -0.3 is 14.9 Å². The third-order valence-electron chi connectivity index (χ3n) is 1.55. The molecule has 0 aliphatic heterocycles. The van der Waals surface area contributed by atoms with Crippen LogP contribution in [0.4, 0.5) is 5.88 Å². The molecule has 1 heterocycles. The molecule has 0 atom stereocenters. The lowest BCUT2D eigenvalue weighted by atomic mass is 10.2. The average Bonchev–Trinajstić information content (AvgIpc) is 2.61. The Labute approximate surface area is 86.7 Å². The highest BCUT2D eigenvalue weighted by atomic mass is 16.5. The van der Waals surface area contributed by atoms with Gasteiger partial charge in [0.2, 0.25) is 0 Å². The molecular weight excluding hydrogens is 196 g/mol. The van der Waals surface area contributed by atoms with Crippen molar-refractivity contribution in [1.82, 2.24) is 0 Å². The molecule has 78 valence electrons. The van der Waals surface area contributed by atoms with Gasteiger partial charge in [0, 0.05) is 12.1 Å². The summed E-state index contributed by atoms with van der Waals surface area (Å²) < 4.78 is 9.66. The lowest BCUT2D eigenvalue weighted by molar-refractivity contribution is -0.137. The highest BCUT2D eigenvalue weighted by Crippen LogP contribution is 2.13. The second kappa shape index (κ2) is 4.86. The van der Waals surface area contributed by atoms with Crippen molar-refractivity contribution in [1.29, 1.82) is 5.26 Å². The van der Waals surface area contributed by atoms with Crippen LogP contribution in [0.5, 0.6) is 0 Å². The van der Waals surface area contributed by atoms with Crippen LogP contribution in [0.2, 0.25) is 0 Å². The Kier molecular flexibility index (Phi) is 3.52. The molecule has 0 aliphatic rings. The SMILES string of the molecule is CCOC(=O)/C(C#N)=C/c1ccc(N)o1. The van der Waals surface area contributed by atoms with Gasteiger partial charge in [-0.15, -0.1) is 0 Å². The second-order valence-corrected chi connectivity index (χ2v) is 2.63. The zero-order valence-corrected chi connectivity index (χ0v) is 8.19. The number of carbonyl (C=O) groups excluding carboxylic acids is 1. The molecule has 1 aromatic heterocycles. The molecule has 0 aliphatic carbocycles. The predicted octanol–water partition coefficient (Wildman–Crippen LogP) is 1.33. The van der Waals surface area contributed by atoms with Crippen LogP contribution < -0.4 is 5.73 Å². The van der Waals surface area contributed by atoms with Gasteiger partial charge in [0.1, 0.15) is 17.4 Å². The van der Waals surface area contributed by atoms with Crippen LogP contribution in [-0.2, 0) is 9.53 Å². The van der Waals surface area contributed by atoms with E-state index in [0.29, 0.717) is 5.76 Å². The highest BCUT2D eigenvalue weighted by Gasteiger charge is 2.10. The highest BCUT2D eigenvalue weighted by molar-refractivity contribution is 5.97. The Bertz CT molecular complexity index is 426.